The van der Waals surface area contributed by atoms with Gasteiger partial charge in [0, 0.05) is 12.6 Å². The minimum Gasteiger partial charge on any atom is -0.497 e. The second kappa shape index (κ2) is 8.63. The monoisotopic (exact) mass is 434 g/mol. The molecule has 0 spiro atoms. The first-order valence-electron chi connectivity index (χ1n) is 9.20. The Morgan fingerprint density at radius 1 is 1.13 bits per heavy atom. The largest absolute Gasteiger partial charge is 0.497 e. The maximum absolute atomic E-state index is 13.0. The zero-order chi connectivity index (χ0) is 22.8. The number of hydrogen-bond donors (Lipinski definition) is 2. The van der Waals surface area contributed by atoms with Crippen LogP contribution in [0, 0.1) is 0 Å². The van der Waals surface area contributed by atoms with E-state index in [0.29, 0.717) is 22.6 Å². The molecule has 1 heterocycles. The first-order chi connectivity index (χ1) is 14.7. The van der Waals surface area contributed by atoms with Crippen molar-refractivity contribution in [2.75, 3.05) is 21.3 Å². The normalized spacial score (nSPS) is 16.6. The Bertz CT molecular complexity index is 1040. The van der Waals surface area contributed by atoms with Crippen LogP contribution >= 0.6 is 0 Å². The van der Waals surface area contributed by atoms with Crippen LogP contribution < -0.4 is 15.8 Å². The van der Waals surface area contributed by atoms with E-state index >= 15 is 0 Å². The lowest BCUT2D eigenvalue weighted by Crippen LogP contribution is -2.30. The number of methoxy groups -OCH3 is 2. The second-order valence-corrected chi connectivity index (χ2v) is 6.65. The first-order valence-corrected chi connectivity index (χ1v) is 9.20. The molecule has 1 unspecified atom stereocenters. The van der Waals surface area contributed by atoms with Crippen LogP contribution in [0.25, 0.3) is 5.76 Å². The van der Waals surface area contributed by atoms with Crippen molar-refractivity contribution in [1.82, 2.24) is 5.32 Å². The third kappa shape index (κ3) is 4.30. The number of alkyl halides is 3. The molecule has 0 saturated heterocycles. The van der Waals surface area contributed by atoms with Crippen molar-refractivity contribution in [2.24, 2.45) is 5.73 Å². The molecule has 0 aromatic heterocycles. The zero-order valence-corrected chi connectivity index (χ0v) is 17.0. The molecule has 0 saturated carbocycles. The van der Waals surface area contributed by atoms with E-state index in [2.05, 4.69) is 5.32 Å². The summed E-state index contributed by atoms with van der Waals surface area (Å²) in [6.07, 6.45) is -4.48. The Morgan fingerprint density at radius 3 is 2.35 bits per heavy atom. The van der Waals surface area contributed by atoms with Crippen molar-refractivity contribution in [3.8, 4) is 5.75 Å². The summed E-state index contributed by atoms with van der Waals surface area (Å²) in [5, 5.41) is 2.89. The smallest absolute Gasteiger partial charge is 0.416 e. The van der Waals surface area contributed by atoms with E-state index in [1.54, 1.807) is 31.3 Å². The molecule has 1 aliphatic heterocycles. The number of halogens is 3. The number of carbonyl (C=O) groups excluding carboxylic acids is 1. The summed E-state index contributed by atoms with van der Waals surface area (Å²) < 4.78 is 55.1. The van der Waals surface area contributed by atoms with Crippen molar-refractivity contribution in [3.05, 3.63) is 82.4 Å². The average Bonchev–Trinajstić information content (AvgIpc) is 2.77. The third-order valence-corrected chi connectivity index (χ3v) is 4.88. The van der Waals surface area contributed by atoms with Crippen LogP contribution in [0.15, 0.2) is 65.7 Å². The lowest BCUT2D eigenvalue weighted by Gasteiger charge is -2.30. The van der Waals surface area contributed by atoms with Crippen LogP contribution in [0.5, 0.6) is 5.75 Å². The van der Waals surface area contributed by atoms with Gasteiger partial charge >= 0.3 is 12.1 Å². The Morgan fingerprint density at radius 2 is 1.81 bits per heavy atom. The molecule has 31 heavy (non-hydrogen) atoms. The van der Waals surface area contributed by atoms with Gasteiger partial charge in [0.15, 0.2) is 0 Å². The van der Waals surface area contributed by atoms with Crippen molar-refractivity contribution >= 4 is 11.7 Å². The quantitative estimate of drug-likeness (QED) is 0.698. The summed E-state index contributed by atoms with van der Waals surface area (Å²) in [4.78, 5) is 12.8. The lowest BCUT2D eigenvalue weighted by atomic mass is 9.84. The molecule has 3 rings (SSSR count). The summed E-state index contributed by atoms with van der Waals surface area (Å²) in [6.45, 7) is 0. The van der Waals surface area contributed by atoms with Crippen LogP contribution in [-0.2, 0) is 20.4 Å². The molecule has 9 heteroatoms. The van der Waals surface area contributed by atoms with E-state index < -0.39 is 23.6 Å². The van der Waals surface area contributed by atoms with Gasteiger partial charge in [0.05, 0.1) is 37.0 Å². The molecule has 1 atom stereocenters. The van der Waals surface area contributed by atoms with Crippen LogP contribution in [0.1, 0.15) is 22.6 Å². The van der Waals surface area contributed by atoms with Gasteiger partial charge in [-0.2, -0.15) is 13.2 Å². The minimum atomic E-state index is -4.48. The highest BCUT2D eigenvalue weighted by atomic mass is 19.4. The number of allylic oxidation sites excluding steroid dienone is 1. The lowest BCUT2D eigenvalue weighted by molar-refractivity contribution is -0.138. The number of hydrogen-bond acceptors (Lipinski definition) is 6. The highest BCUT2D eigenvalue weighted by Crippen LogP contribution is 2.43. The van der Waals surface area contributed by atoms with E-state index in [-0.39, 0.29) is 17.2 Å². The van der Waals surface area contributed by atoms with Crippen LogP contribution in [-0.4, -0.2) is 27.2 Å². The molecule has 0 fully saturated rings. The molecule has 2 aromatic rings. The summed E-state index contributed by atoms with van der Waals surface area (Å²) in [5.74, 6) is -0.909. The Balaban J connectivity index is 2.23. The van der Waals surface area contributed by atoms with Gasteiger partial charge < -0.3 is 25.3 Å². The van der Waals surface area contributed by atoms with Crippen LogP contribution in [0.3, 0.4) is 0 Å². The molecule has 2 aromatic carbocycles. The van der Waals surface area contributed by atoms with E-state index in [1.807, 2.05) is 0 Å². The fourth-order valence-electron chi connectivity index (χ4n) is 3.40. The third-order valence-electron chi connectivity index (χ3n) is 4.88. The highest BCUT2D eigenvalue weighted by Gasteiger charge is 2.38. The number of nitrogens with two attached hydrogens (primary N) is 1. The SMILES string of the molecule is CNC1=C(N)OC(c2cccc(OC)c2)=C(C(=O)OC)C1c1ccc(C(F)(F)F)cc1. The predicted molar refractivity (Wildman–Crippen MR) is 107 cm³/mol. The summed E-state index contributed by atoms with van der Waals surface area (Å²) in [7, 11) is 4.28. The molecule has 164 valence electrons. The van der Waals surface area contributed by atoms with E-state index in [4.69, 9.17) is 19.9 Å². The van der Waals surface area contributed by atoms with Gasteiger partial charge in [-0.1, -0.05) is 24.3 Å². The zero-order valence-electron chi connectivity index (χ0n) is 17.0. The van der Waals surface area contributed by atoms with Gasteiger partial charge in [0.1, 0.15) is 11.5 Å². The van der Waals surface area contributed by atoms with E-state index in [0.717, 1.165) is 12.1 Å². The van der Waals surface area contributed by atoms with Crippen molar-refractivity contribution in [1.29, 1.82) is 0 Å². The molecule has 6 nitrogen and oxygen atoms in total. The fraction of sp³-hybridized carbons (Fsp3) is 0.227. The summed E-state index contributed by atoms with van der Waals surface area (Å²) in [5.41, 5.74) is 6.63. The van der Waals surface area contributed by atoms with Gasteiger partial charge in [-0.15, -0.1) is 0 Å². The molecule has 0 amide bonds. The molecular formula is C22H21F3N2O4. The standard InChI is InChI=1S/C22H21F3N2O4/c1-27-18-16(12-7-9-14(10-8-12)22(23,24)25)17(21(28)30-3)19(31-20(18)26)13-5-4-6-15(11-13)29-2/h4-11,16,27H,26H2,1-3H3. The second-order valence-electron chi connectivity index (χ2n) is 6.65. The summed E-state index contributed by atoms with van der Waals surface area (Å²) in [6, 6.07) is 11.3. The van der Waals surface area contributed by atoms with Gasteiger partial charge in [-0.3, -0.25) is 0 Å². The predicted octanol–water partition coefficient (Wildman–Crippen LogP) is 3.76. The minimum absolute atomic E-state index is 0.0159. The van der Waals surface area contributed by atoms with Crippen molar-refractivity contribution in [2.45, 2.75) is 12.1 Å². The fourth-order valence-corrected chi connectivity index (χ4v) is 3.40. The molecular weight excluding hydrogens is 413 g/mol. The topological polar surface area (TPSA) is 82.8 Å². The van der Waals surface area contributed by atoms with E-state index in [9.17, 15) is 18.0 Å². The number of benzene rings is 2. The van der Waals surface area contributed by atoms with Crippen LogP contribution in [0.4, 0.5) is 13.2 Å². The number of ether oxygens (including phenoxy) is 3. The van der Waals surface area contributed by atoms with Crippen LogP contribution in [0.2, 0.25) is 0 Å². The molecule has 0 aliphatic carbocycles. The molecule has 3 N–H and O–H groups in total. The maximum atomic E-state index is 13.0. The number of esters is 1. The van der Waals surface area contributed by atoms with Gasteiger partial charge in [0.25, 0.3) is 0 Å². The molecule has 1 aliphatic rings. The van der Waals surface area contributed by atoms with Gasteiger partial charge in [-0.05, 0) is 29.8 Å². The average molecular weight is 434 g/mol. The van der Waals surface area contributed by atoms with Gasteiger partial charge in [0.2, 0.25) is 5.88 Å². The Hall–Kier alpha value is -3.62. The highest BCUT2D eigenvalue weighted by molar-refractivity contribution is 5.99. The first kappa shape index (κ1) is 22.1. The Labute approximate surface area is 177 Å². The van der Waals surface area contributed by atoms with Crippen molar-refractivity contribution in [3.63, 3.8) is 0 Å². The van der Waals surface area contributed by atoms with Crippen molar-refractivity contribution < 1.29 is 32.2 Å². The van der Waals surface area contributed by atoms with Gasteiger partial charge in [-0.25, -0.2) is 4.79 Å². The number of nitrogens with one attached hydrogen (secondary N) is 1. The summed E-state index contributed by atoms with van der Waals surface area (Å²) >= 11 is 0. The number of rotatable bonds is 5. The maximum Gasteiger partial charge on any atom is 0.416 e. The number of likely N-dealkylation sites (N-methyl/N-ethyl adjacent to an activating group) is 1. The van der Waals surface area contributed by atoms with E-state index in [1.165, 1.54) is 26.4 Å². The Kier molecular flexibility index (Phi) is 6.14. The molecule has 0 radical (unpaired) electrons. The number of carbonyl (C=O) groups is 1. The molecule has 0 bridgehead atoms.